The number of H-pyrrole nitrogens is 1. The van der Waals surface area contributed by atoms with Crippen molar-refractivity contribution in [2.24, 2.45) is 5.92 Å². The van der Waals surface area contributed by atoms with Crippen molar-refractivity contribution in [2.75, 3.05) is 5.32 Å². The average Bonchev–Trinajstić information content (AvgIpc) is 2.85. The van der Waals surface area contributed by atoms with E-state index in [1.165, 1.54) is 12.1 Å². The lowest BCUT2D eigenvalue weighted by Crippen LogP contribution is -2.36. The second kappa shape index (κ2) is 6.34. The number of nitrogens with zero attached hydrogens (tertiary/aromatic N) is 2. The third kappa shape index (κ3) is 3.77. The fourth-order valence-corrected chi connectivity index (χ4v) is 1.89. The van der Waals surface area contributed by atoms with E-state index in [0.29, 0.717) is 11.6 Å². The molecule has 0 bridgehead atoms. The van der Waals surface area contributed by atoms with E-state index >= 15 is 0 Å². The van der Waals surface area contributed by atoms with Gasteiger partial charge in [0.1, 0.15) is 11.6 Å². The number of carbonyl (C=O) groups is 1. The monoisotopic (exact) mass is 291 g/mol. The Morgan fingerprint density at radius 3 is 2.62 bits per heavy atom. The van der Waals surface area contributed by atoms with Crippen LogP contribution in [0.4, 0.5) is 14.9 Å². The maximum absolute atomic E-state index is 13.5. The third-order valence-electron chi connectivity index (χ3n) is 2.97. The van der Waals surface area contributed by atoms with Crippen LogP contribution in [0.2, 0.25) is 0 Å². The fraction of sp³-hybridized carbons (Fsp3) is 0.357. The maximum Gasteiger partial charge on any atom is 0.319 e. The molecule has 0 unspecified atom stereocenters. The van der Waals surface area contributed by atoms with Crippen molar-refractivity contribution in [1.82, 2.24) is 20.5 Å². The first-order valence-corrected chi connectivity index (χ1v) is 6.68. The van der Waals surface area contributed by atoms with Crippen LogP contribution in [0.5, 0.6) is 0 Å². The summed E-state index contributed by atoms with van der Waals surface area (Å²) in [6, 6.07) is 5.14. The van der Waals surface area contributed by atoms with Gasteiger partial charge >= 0.3 is 6.03 Å². The number of halogens is 1. The predicted molar refractivity (Wildman–Crippen MR) is 77.3 cm³/mol. The minimum atomic E-state index is -0.499. The normalized spacial score (nSPS) is 12.2. The molecule has 0 aliphatic heterocycles. The second-order valence-electron chi connectivity index (χ2n) is 5.08. The summed E-state index contributed by atoms with van der Waals surface area (Å²) in [6.45, 7) is 5.67. The topological polar surface area (TPSA) is 82.7 Å². The van der Waals surface area contributed by atoms with Crippen molar-refractivity contribution in [3.63, 3.8) is 0 Å². The number of aromatic nitrogens is 3. The van der Waals surface area contributed by atoms with E-state index in [2.05, 4.69) is 25.8 Å². The van der Waals surface area contributed by atoms with Gasteiger partial charge in [-0.05, 0) is 25.0 Å². The van der Waals surface area contributed by atoms with Gasteiger partial charge < -0.3 is 10.6 Å². The summed E-state index contributed by atoms with van der Waals surface area (Å²) in [4.78, 5) is 16.2. The molecule has 0 aliphatic carbocycles. The highest BCUT2D eigenvalue weighted by Crippen LogP contribution is 2.19. The zero-order valence-electron chi connectivity index (χ0n) is 12.1. The summed E-state index contributed by atoms with van der Waals surface area (Å²) in [5.74, 6) is 0.784. The lowest BCUT2D eigenvalue weighted by Gasteiger charge is -2.19. The number of para-hydroxylation sites is 1. The smallest absolute Gasteiger partial charge is 0.319 e. The maximum atomic E-state index is 13.5. The molecule has 2 aromatic rings. The van der Waals surface area contributed by atoms with Gasteiger partial charge in [-0.2, -0.15) is 5.10 Å². The minimum absolute atomic E-state index is 0.0894. The number of aromatic amines is 1. The molecular formula is C14H18FN5O. The van der Waals surface area contributed by atoms with Crippen LogP contribution in [0.25, 0.3) is 0 Å². The average molecular weight is 291 g/mol. The van der Waals surface area contributed by atoms with Gasteiger partial charge in [0.25, 0.3) is 0 Å². The molecular weight excluding hydrogens is 273 g/mol. The van der Waals surface area contributed by atoms with Crippen LogP contribution in [0, 0.1) is 18.7 Å². The Labute approximate surface area is 122 Å². The second-order valence-corrected chi connectivity index (χ2v) is 5.08. The van der Waals surface area contributed by atoms with Gasteiger partial charge in [-0.3, -0.25) is 5.10 Å². The van der Waals surface area contributed by atoms with Gasteiger partial charge in [-0.1, -0.05) is 26.0 Å². The lowest BCUT2D eigenvalue weighted by atomic mass is 10.0. The number of carbonyl (C=O) groups excluding carboxylic acids is 1. The van der Waals surface area contributed by atoms with E-state index in [-0.39, 0.29) is 17.6 Å². The number of hydrogen-bond acceptors (Lipinski definition) is 3. The molecule has 0 fully saturated rings. The number of benzene rings is 1. The molecule has 1 aromatic heterocycles. The first-order chi connectivity index (χ1) is 9.97. The SMILES string of the molecule is Cc1nc([C@H](NC(=O)Nc2ccccc2F)C(C)C)n[nH]1. The zero-order chi connectivity index (χ0) is 15.4. The Bertz CT molecular complexity index is 625. The number of aryl methyl sites for hydroxylation is 1. The van der Waals surface area contributed by atoms with Crippen LogP contribution < -0.4 is 10.6 Å². The van der Waals surface area contributed by atoms with Crippen LogP contribution in [-0.2, 0) is 0 Å². The molecule has 1 atom stereocenters. The van der Waals surface area contributed by atoms with Crippen LogP contribution >= 0.6 is 0 Å². The molecule has 7 heteroatoms. The molecule has 2 rings (SSSR count). The van der Waals surface area contributed by atoms with Crippen LogP contribution in [0.3, 0.4) is 0 Å². The minimum Gasteiger partial charge on any atom is -0.328 e. The Balaban J connectivity index is 2.07. The van der Waals surface area contributed by atoms with E-state index in [0.717, 1.165) is 0 Å². The van der Waals surface area contributed by atoms with E-state index in [1.807, 2.05) is 13.8 Å². The highest BCUT2D eigenvalue weighted by atomic mass is 19.1. The lowest BCUT2D eigenvalue weighted by molar-refractivity contribution is 0.243. The van der Waals surface area contributed by atoms with E-state index in [4.69, 9.17) is 0 Å². The van der Waals surface area contributed by atoms with Gasteiger partial charge in [0, 0.05) is 0 Å². The summed E-state index contributed by atoms with van der Waals surface area (Å²) in [6.07, 6.45) is 0. The summed E-state index contributed by atoms with van der Waals surface area (Å²) in [5.41, 5.74) is 0.128. The van der Waals surface area contributed by atoms with Gasteiger partial charge in [-0.25, -0.2) is 14.2 Å². The molecule has 21 heavy (non-hydrogen) atoms. The van der Waals surface area contributed by atoms with Crippen LogP contribution in [0.15, 0.2) is 24.3 Å². The molecule has 0 radical (unpaired) electrons. The molecule has 0 saturated heterocycles. The molecule has 1 heterocycles. The van der Waals surface area contributed by atoms with Crippen LogP contribution in [-0.4, -0.2) is 21.2 Å². The van der Waals surface area contributed by atoms with Crippen molar-refractivity contribution < 1.29 is 9.18 Å². The number of urea groups is 1. The highest BCUT2D eigenvalue weighted by molar-refractivity contribution is 5.89. The summed E-state index contributed by atoms with van der Waals surface area (Å²) >= 11 is 0. The molecule has 3 N–H and O–H groups in total. The summed E-state index contributed by atoms with van der Waals surface area (Å²) < 4.78 is 13.5. The van der Waals surface area contributed by atoms with Crippen molar-refractivity contribution in [3.8, 4) is 0 Å². The van der Waals surface area contributed by atoms with Gasteiger partial charge in [0.15, 0.2) is 5.82 Å². The third-order valence-corrected chi connectivity index (χ3v) is 2.97. The van der Waals surface area contributed by atoms with Crippen molar-refractivity contribution in [2.45, 2.75) is 26.8 Å². The molecule has 0 saturated carbocycles. The van der Waals surface area contributed by atoms with Crippen molar-refractivity contribution >= 4 is 11.7 Å². The Morgan fingerprint density at radius 2 is 2.05 bits per heavy atom. The zero-order valence-corrected chi connectivity index (χ0v) is 12.1. The Morgan fingerprint density at radius 1 is 1.33 bits per heavy atom. The molecule has 0 spiro atoms. The highest BCUT2D eigenvalue weighted by Gasteiger charge is 2.22. The quantitative estimate of drug-likeness (QED) is 0.810. The number of nitrogens with one attached hydrogen (secondary N) is 3. The molecule has 1 aromatic carbocycles. The van der Waals surface area contributed by atoms with Crippen molar-refractivity contribution in [3.05, 3.63) is 41.7 Å². The van der Waals surface area contributed by atoms with Crippen molar-refractivity contribution in [1.29, 1.82) is 0 Å². The molecule has 112 valence electrons. The first-order valence-electron chi connectivity index (χ1n) is 6.68. The number of anilines is 1. The fourth-order valence-electron chi connectivity index (χ4n) is 1.89. The van der Waals surface area contributed by atoms with Crippen LogP contribution in [0.1, 0.15) is 31.5 Å². The standard InChI is InChI=1S/C14H18FN5O/c1-8(2)12(13-16-9(3)19-20-13)18-14(21)17-11-7-5-4-6-10(11)15/h4-8,12H,1-3H3,(H,16,19,20)(H2,17,18,21)/t12-/m1/s1. The Kier molecular flexibility index (Phi) is 4.52. The number of hydrogen-bond donors (Lipinski definition) is 3. The van der Waals surface area contributed by atoms with Gasteiger partial charge in [0.05, 0.1) is 11.7 Å². The summed E-state index contributed by atoms with van der Waals surface area (Å²) in [5, 5.41) is 12.0. The van der Waals surface area contributed by atoms with E-state index in [1.54, 1.807) is 19.1 Å². The van der Waals surface area contributed by atoms with Gasteiger partial charge in [0.2, 0.25) is 0 Å². The number of amides is 2. The summed E-state index contributed by atoms with van der Waals surface area (Å²) in [7, 11) is 0. The molecule has 2 amide bonds. The van der Waals surface area contributed by atoms with Gasteiger partial charge in [-0.15, -0.1) is 0 Å². The molecule has 0 aliphatic rings. The predicted octanol–water partition coefficient (Wildman–Crippen LogP) is 2.77. The largest absolute Gasteiger partial charge is 0.328 e. The molecule has 6 nitrogen and oxygen atoms in total. The number of rotatable bonds is 4. The first kappa shape index (κ1) is 15.0. The van der Waals surface area contributed by atoms with E-state index < -0.39 is 11.8 Å². The Hall–Kier alpha value is -2.44. The van der Waals surface area contributed by atoms with E-state index in [9.17, 15) is 9.18 Å².